The molecule has 1 saturated heterocycles. The third-order valence-corrected chi connectivity index (χ3v) is 5.01. The van der Waals surface area contributed by atoms with Crippen molar-refractivity contribution in [2.45, 2.75) is 18.1 Å². The van der Waals surface area contributed by atoms with Gasteiger partial charge in [-0.1, -0.05) is 0 Å². The summed E-state index contributed by atoms with van der Waals surface area (Å²) in [6.07, 6.45) is 1.58. The Kier molecular flexibility index (Phi) is 1.96. The van der Waals surface area contributed by atoms with Crippen LogP contribution in [0.25, 0.3) is 0 Å². The predicted molar refractivity (Wildman–Crippen MR) is 48.9 cm³/mol. The van der Waals surface area contributed by atoms with Crippen LogP contribution in [0.4, 0.5) is 0 Å². The highest BCUT2D eigenvalue weighted by atomic mass is 32.2. The van der Waals surface area contributed by atoms with Crippen LogP contribution >= 0.6 is 11.3 Å². The molecular weight excluding hydrogens is 192 g/mol. The lowest BCUT2D eigenvalue weighted by Gasteiger charge is -2.04. The van der Waals surface area contributed by atoms with Gasteiger partial charge in [-0.25, -0.2) is 8.42 Å². The molecule has 2 heterocycles. The Labute approximate surface area is 76.2 Å². The van der Waals surface area contributed by atoms with Gasteiger partial charge in [0.1, 0.15) is 0 Å². The Morgan fingerprint density at radius 2 is 2.42 bits per heavy atom. The molecule has 1 unspecified atom stereocenters. The number of hydrogen-bond donors (Lipinski definition) is 0. The second kappa shape index (κ2) is 2.85. The molecule has 1 aromatic heterocycles. The zero-order chi connectivity index (χ0) is 8.60. The van der Waals surface area contributed by atoms with Crippen LogP contribution in [0.15, 0.2) is 11.4 Å². The van der Waals surface area contributed by atoms with Crippen molar-refractivity contribution < 1.29 is 8.42 Å². The maximum Gasteiger partial charge on any atom is 0.157 e. The van der Waals surface area contributed by atoms with E-state index in [9.17, 15) is 8.42 Å². The molecule has 65 valence electrons. The number of rotatable bonds is 1. The Morgan fingerprint density at radius 3 is 2.92 bits per heavy atom. The molecule has 0 saturated carbocycles. The summed E-state index contributed by atoms with van der Waals surface area (Å²) in [6, 6.07) is 1.86. The number of thiophene rings is 1. The van der Waals surface area contributed by atoms with Crippen LogP contribution in [-0.2, 0) is 9.84 Å². The van der Waals surface area contributed by atoms with Gasteiger partial charge >= 0.3 is 0 Å². The Bertz CT molecular complexity index is 350. The Hall–Kier alpha value is -0.350. The fourth-order valence-corrected chi connectivity index (χ4v) is 4.16. The maximum atomic E-state index is 11.4. The summed E-state index contributed by atoms with van der Waals surface area (Å²) >= 11 is 1.44. The fourth-order valence-electron chi connectivity index (χ4n) is 1.56. The molecule has 0 N–H and O–H groups in total. The van der Waals surface area contributed by atoms with Crippen LogP contribution in [0, 0.1) is 5.38 Å². The molecule has 1 radical (unpaired) electrons. The molecule has 0 bridgehead atoms. The first-order chi connectivity index (χ1) is 5.70. The zero-order valence-corrected chi connectivity index (χ0v) is 8.12. The van der Waals surface area contributed by atoms with E-state index < -0.39 is 9.84 Å². The summed E-state index contributed by atoms with van der Waals surface area (Å²) in [4.78, 5) is 0. The SMILES string of the molecule is O=S1(=O)CCCC1c1[c]scc1. The lowest BCUT2D eigenvalue weighted by atomic mass is 10.1. The monoisotopic (exact) mass is 201 g/mol. The van der Waals surface area contributed by atoms with Crippen molar-refractivity contribution in [2.75, 3.05) is 5.75 Å². The first kappa shape index (κ1) is 8.26. The van der Waals surface area contributed by atoms with Crippen LogP contribution in [-0.4, -0.2) is 14.2 Å². The second-order valence-electron chi connectivity index (χ2n) is 2.98. The predicted octanol–water partition coefficient (Wildman–Crippen LogP) is 1.80. The molecule has 1 aliphatic heterocycles. The minimum Gasteiger partial charge on any atom is -0.228 e. The summed E-state index contributed by atoms with van der Waals surface area (Å²) in [5.41, 5.74) is 0.859. The molecular formula is C8H9O2S2. The van der Waals surface area contributed by atoms with Crippen LogP contribution in [0.2, 0.25) is 0 Å². The van der Waals surface area contributed by atoms with Crippen molar-refractivity contribution >= 4 is 21.2 Å². The van der Waals surface area contributed by atoms with Gasteiger partial charge in [-0.2, -0.15) is 0 Å². The number of hydrogen-bond acceptors (Lipinski definition) is 3. The number of sulfone groups is 1. The molecule has 1 aliphatic rings. The highest BCUT2D eigenvalue weighted by molar-refractivity contribution is 7.91. The lowest BCUT2D eigenvalue weighted by molar-refractivity contribution is 0.592. The van der Waals surface area contributed by atoms with Gasteiger partial charge in [0.15, 0.2) is 9.84 Å². The smallest absolute Gasteiger partial charge is 0.157 e. The van der Waals surface area contributed by atoms with Crippen molar-refractivity contribution in [3.05, 3.63) is 22.4 Å². The van der Waals surface area contributed by atoms with Crippen molar-refractivity contribution in [1.82, 2.24) is 0 Å². The molecule has 1 aromatic rings. The van der Waals surface area contributed by atoms with Gasteiger partial charge in [-0.05, 0) is 29.9 Å². The first-order valence-electron chi connectivity index (χ1n) is 3.87. The summed E-state index contributed by atoms with van der Waals surface area (Å²) in [6.45, 7) is 0. The van der Waals surface area contributed by atoms with Gasteiger partial charge in [0, 0.05) is 5.38 Å². The first-order valence-corrected chi connectivity index (χ1v) is 6.46. The lowest BCUT2D eigenvalue weighted by Crippen LogP contribution is -2.06. The van der Waals surface area contributed by atoms with Crippen LogP contribution < -0.4 is 0 Å². The average Bonchev–Trinajstić information content (AvgIpc) is 2.55. The second-order valence-corrected chi connectivity index (χ2v) is 5.99. The van der Waals surface area contributed by atoms with Gasteiger partial charge in [0.2, 0.25) is 0 Å². The van der Waals surface area contributed by atoms with E-state index >= 15 is 0 Å². The summed E-state index contributed by atoms with van der Waals surface area (Å²) in [5.74, 6) is 0.349. The Morgan fingerprint density at radius 1 is 1.58 bits per heavy atom. The molecule has 2 nitrogen and oxygen atoms in total. The average molecular weight is 201 g/mol. The van der Waals surface area contributed by atoms with E-state index in [-0.39, 0.29) is 5.25 Å². The van der Waals surface area contributed by atoms with E-state index in [0.717, 1.165) is 18.4 Å². The van der Waals surface area contributed by atoms with Gasteiger partial charge in [0.05, 0.1) is 11.0 Å². The van der Waals surface area contributed by atoms with E-state index in [1.807, 2.05) is 11.4 Å². The van der Waals surface area contributed by atoms with Crippen molar-refractivity contribution in [3.63, 3.8) is 0 Å². The maximum absolute atomic E-state index is 11.4. The summed E-state index contributed by atoms with van der Waals surface area (Å²) in [7, 11) is -2.83. The topological polar surface area (TPSA) is 34.1 Å². The fraction of sp³-hybridized carbons (Fsp3) is 0.500. The third-order valence-electron chi connectivity index (χ3n) is 2.17. The highest BCUT2D eigenvalue weighted by Gasteiger charge is 2.32. The largest absolute Gasteiger partial charge is 0.228 e. The Balaban J connectivity index is 2.37. The molecule has 0 aliphatic carbocycles. The van der Waals surface area contributed by atoms with Gasteiger partial charge in [-0.3, -0.25) is 0 Å². The van der Waals surface area contributed by atoms with Crippen LogP contribution in [0.5, 0.6) is 0 Å². The molecule has 2 rings (SSSR count). The van der Waals surface area contributed by atoms with E-state index in [1.165, 1.54) is 11.3 Å². The van der Waals surface area contributed by atoms with Gasteiger partial charge in [0.25, 0.3) is 0 Å². The van der Waals surface area contributed by atoms with Crippen molar-refractivity contribution in [1.29, 1.82) is 0 Å². The van der Waals surface area contributed by atoms with Gasteiger partial charge in [-0.15, -0.1) is 11.3 Å². The zero-order valence-electron chi connectivity index (χ0n) is 6.49. The minimum atomic E-state index is -2.83. The van der Waals surface area contributed by atoms with E-state index in [0.29, 0.717) is 5.75 Å². The molecule has 1 atom stereocenters. The van der Waals surface area contributed by atoms with Crippen LogP contribution in [0.3, 0.4) is 0 Å². The van der Waals surface area contributed by atoms with E-state index in [1.54, 1.807) is 0 Å². The normalized spacial score (nSPS) is 27.5. The molecule has 12 heavy (non-hydrogen) atoms. The molecule has 0 amide bonds. The van der Waals surface area contributed by atoms with E-state index in [4.69, 9.17) is 0 Å². The summed E-state index contributed by atoms with van der Waals surface area (Å²) < 4.78 is 22.9. The molecule has 0 aromatic carbocycles. The quantitative estimate of drug-likeness (QED) is 0.694. The molecule has 1 fully saturated rings. The van der Waals surface area contributed by atoms with E-state index in [2.05, 4.69) is 5.38 Å². The third kappa shape index (κ3) is 1.29. The van der Waals surface area contributed by atoms with Crippen molar-refractivity contribution in [2.24, 2.45) is 0 Å². The molecule has 0 spiro atoms. The van der Waals surface area contributed by atoms with Crippen molar-refractivity contribution in [3.8, 4) is 0 Å². The van der Waals surface area contributed by atoms with Gasteiger partial charge < -0.3 is 0 Å². The van der Waals surface area contributed by atoms with Crippen LogP contribution in [0.1, 0.15) is 23.7 Å². The minimum absolute atomic E-state index is 0.260. The highest BCUT2D eigenvalue weighted by Crippen LogP contribution is 2.34. The molecule has 4 heteroatoms. The standard InChI is InChI=1S/C8H9O2S2/c9-12(10)5-1-2-8(12)7-3-4-11-6-7/h3-4,8H,1-2,5H2. The summed E-state index contributed by atoms with van der Waals surface area (Å²) in [5, 5.41) is 4.61.